The molecule has 1 N–H and O–H groups in total. The minimum Gasteiger partial charge on any atom is -0.396 e. The van der Waals surface area contributed by atoms with E-state index in [4.69, 9.17) is 9.84 Å². The van der Waals surface area contributed by atoms with Gasteiger partial charge in [0.25, 0.3) is 0 Å². The highest BCUT2D eigenvalue weighted by atomic mass is 16.5. The number of ether oxygens (including phenoxy) is 1. The fraction of sp³-hybridized carbons (Fsp3) is 0.938. The summed E-state index contributed by atoms with van der Waals surface area (Å²) in [6.45, 7) is 1.15. The maximum Gasteiger partial charge on any atom is 0.223 e. The van der Waals surface area contributed by atoms with E-state index in [1.807, 2.05) is 0 Å². The highest BCUT2D eigenvalue weighted by Crippen LogP contribution is 2.30. The summed E-state index contributed by atoms with van der Waals surface area (Å²) in [7, 11) is 1.78. The van der Waals surface area contributed by atoms with Crippen molar-refractivity contribution in [1.82, 2.24) is 4.90 Å². The minimum atomic E-state index is 0.236. The molecule has 1 unspecified atom stereocenters. The van der Waals surface area contributed by atoms with Crippen LogP contribution < -0.4 is 0 Å². The van der Waals surface area contributed by atoms with Gasteiger partial charge in [0.1, 0.15) is 0 Å². The Morgan fingerprint density at radius 3 is 2.65 bits per heavy atom. The number of rotatable bonds is 6. The number of carbonyl (C=O) groups excluding carboxylic acids is 1. The predicted octanol–water partition coefficient (Wildman–Crippen LogP) is 2.35. The minimum absolute atomic E-state index is 0.236. The molecule has 1 aliphatic heterocycles. The molecule has 4 heteroatoms. The van der Waals surface area contributed by atoms with Crippen LogP contribution in [0.25, 0.3) is 0 Å². The first-order valence-electron chi connectivity index (χ1n) is 8.17. The van der Waals surface area contributed by atoms with Gasteiger partial charge in [-0.05, 0) is 57.3 Å². The monoisotopic (exact) mass is 283 g/mol. The molecule has 4 nitrogen and oxygen atoms in total. The number of amides is 1. The molecule has 0 aromatic carbocycles. The van der Waals surface area contributed by atoms with E-state index in [2.05, 4.69) is 4.90 Å². The van der Waals surface area contributed by atoms with Crippen molar-refractivity contribution >= 4 is 5.91 Å². The molecular formula is C16H29NO3. The Labute approximate surface area is 122 Å². The van der Waals surface area contributed by atoms with Crippen LogP contribution >= 0.6 is 0 Å². The predicted molar refractivity (Wildman–Crippen MR) is 78.4 cm³/mol. The maximum absolute atomic E-state index is 12.5. The van der Waals surface area contributed by atoms with Crippen molar-refractivity contribution in [2.24, 2.45) is 5.92 Å². The van der Waals surface area contributed by atoms with Gasteiger partial charge >= 0.3 is 0 Å². The quantitative estimate of drug-likeness (QED) is 0.814. The SMILES string of the molecule is COC1CCC(CC(=O)N2CCCC2CCCO)CC1. The van der Waals surface area contributed by atoms with E-state index in [1.54, 1.807) is 7.11 Å². The van der Waals surface area contributed by atoms with Crippen molar-refractivity contribution in [3.63, 3.8) is 0 Å². The Morgan fingerprint density at radius 2 is 2.00 bits per heavy atom. The molecule has 1 atom stereocenters. The second kappa shape index (κ2) is 7.99. The lowest BCUT2D eigenvalue weighted by atomic mass is 9.85. The lowest BCUT2D eigenvalue weighted by Gasteiger charge is -2.30. The summed E-state index contributed by atoms with van der Waals surface area (Å²) in [5, 5.41) is 8.95. The molecule has 1 saturated heterocycles. The first kappa shape index (κ1) is 15.8. The average Bonchev–Trinajstić information content (AvgIpc) is 2.94. The standard InChI is InChI=1S/C16H29NO3/c1-20-15-8-6-13(7-9-15)12-16(19)17-10-2-4-14(17)5-3-11-18/h13-15,18H,2-12H2,1H3. The zero-order chi connectivity index (χ0) is 14.4. The molecule has 0 spiro atoms. The molecule has 20 heavy (non-hydrogen) atoms. The Hall–Kier alpha value is -0.610. The third-order valence-corrected chi connectivity index (χ3v) is 4.98. The Kier molecular flexibility index (Phi) is 6.30. The van der Waals surface area contributed by atoms with Crippen molar-refractivity contribution in [1.29, 1.82) is 0 Å². The third kappa shape index (κ3) is 4.19. The fourth-order valence-electron chi connectivity index (χ4n) is 3.73. The van der Waals surface area contributed by atoms with E-state index in [0.29, 0.717) is 30.4 Å². The number of nitrogens with zero attached hydrogens (tertiary/aromatic N) is 1. The van der Waals surface area contributed by atoms with Gasteiger partial charge in [0.15, 0.2) is 0 Å². The van der Waals surface area contributed by atoms with Crippen LogP contribution in [0.2, 0.25) is 0 Å². The van der Waals surface area contributed by atoms with Crippen molar-refractivity contribution in [2.75, 3.05) is 20.3 Å². The van der Waals surface area contributed by atoms with E-state index in [1.165, 1.54) is 0 Å². The van der Waals surface area contributed by atoms with Crippen molar-refractivity contribution < 1.29 is 14.6 Å². The third-order valence-electron chi connectivity index (χ3n) is 4.98. The molecule has 1 heterocycles. The molecule has 116 valence electrons. The fourth-order valence-corrected chi connectivity index (χ4v) is 3.73. The van der Waals surface area contributed by atoms with Crippen LogP contribution in [0.1, 0.15) is 57.8 Å². The van der Waals surface area contributed by atoms with Gasteiger partial charge in [0.05, 0.1) is 6.10 Å². The molecule has 1 amide bonds. The van der Waals surface area contributed by atoms with E-state index >= 15 is 0 Å². The van der Waals surface area contributed by atoms with Crippen LogP contribution in [0.3, 0.4) is 0 Å². The molecule has 0 aromatic heterocycles. The topological polar surface area (TPSA) is 49.8 Å². The first-order valence-corrected chi connectivity index (χ1v) is 8.17. The number of hydrogen-bond acceptors (Lipinski definition) is 3. The van der Waals surface area contributed by atoms with Gasteiger partial charge < -0.3 is 14.7 Å². The number of hydrogen-bond donors (Lipinski definition) is 1. The summed E-state index contributed by atoms with van der Waals surface area (Å²) in [6, 6.07) is 0.380. The Morgan fingerprint density at radius 1 is 1.25 bits per heavy atom. The van der Waals surface area contributed by atoms with Gasteiger partial charge in [0.2, 0.25) is 5.91 Å². The summed E-state index contributed by atoms with van der Waals surface area (Å²) in [5.41, 5.74) is 0. The zero-order valence-electron chi connectivity index (χ0n) is 12.7. The van der Waals surface area contributed by atoms with Crippen LogP contribution in [-0.4, -0.2) is 48.3 Å². The van der Waals surface area contributed by atoms with E-state index < -0.39 is 0 Å². The number of likely N-dealkylation sites (tertiary alicyclic amines) is 1. The molecule has 2 aliphatic rings. The number of aliphatic hydroxyl groups is 1. The van der Waals surface area contributed by atoms with E-state index in [-0.39, 0.29) is 6.61 Å². The highest BCUT2D eigenvalue weighted by Gasteiger charge is 2.30. The molecule has 0 radical (unpaired) electrons. The summed E-state index contributed by atoms with van der Waals surface area (Å²) in [5.74, 6) is 0.888. The second-order valence-corrected chi connectivity index (χ2v) is 6.33. The number of aliphatic hydroxyl groups excluding tert-OH is 1. The average molecular weight is 283 g/mol. The zero-order valence-corrected chi connectivity index (χ0v) is 12.7. The summed E-state index contributed by atoms with van der Waals surface area (Å²) >= 11 is 0. The van der Waals surface area contributed by atoms with Gasteiger partial charge in [-0.25, -0.2) is 0 Å². The van der Waals surface area contributed by atoms with Gasteiger partial charge in [-0.15, -0.1) is 0 Å². The number of carbonyl (C=O) groups is 1. The van der Waals surface area contributed by atoms with Gasteiger partial charge in [-0.2, -0.15) is 0 Å². The van der Waals surface area contributed by atoms with Crippen LogP contribution in [0.4, 0.5) is 0 Å². The summed E-state index contributed by atoms with van der Waals surface area (Å²) in [6.07, 6.45) is 9.58. The van der Waals surface area contributed by atoms with Crippen molar-refractivity contribution in [3.8, 4) is 0 Å². The largest absolute Gasteiger partial charge is 0.396 e. The molecule has 2 fully saturated rings. The van der Waals surface area contributed by atoms with Crippen LogP contribution in [0.5, 0.6) is 0 Å². The smallest absolute Gasteiger partial charge is 0.223 e. The Balaban J connectivity index is 1.76. The van der Waals surface area contributed by atoms with Crippen LogP contribution in [-0.2, 0) is 9.53 Å². The molecule has 0 aromatic rings. The van der Waals surface area contributed by atoms with Gasteiger partial charge in [-0.3, -0.25) is 4.79 Å². The maximum atomic E-state index is 12.5. The normalized spacial score (nSPS) is 30.7. The Bertz CT molecular complexity index is 300. The summed E-state index contributed by atoms with van der Waals surface area (Å²) in [4.78, 5) is 14.6. The van der Waals surface area contributed by atoms with Gasteiger partial charge in [0, 0.05) is 32.7 Å². The molecule has 1 aliphatic carbocycles. The lowest BCUT2D eigenvalue weighted by molar-refractivity contribution is -0.133. The van der Waals surface area contributed by atoms with Crippen LogP contribution in [0.15, 0.2) is 0 Å². The highest BCUT2D eigenvalue weighted by molar-refractivity contribution is 5.77. The second-order valence-electron chi connectivity index (χ2n) is 6.33. The molecule has 0 bridgehead atoms. The van der Waals surface area contributed by atoms with Gasteiger partial charge in [-0.1, -0.05) is 0 Å². The first-order chi connectivity index (χ1) is 9.74. The lowest BCUT2D eigenvalue weighted by Crippen LogP contribution is -2.37. The van der Waals surface area contributed by atoms with E-state index in [0.717, 1.165) is 57.9 Å². The van der Waals surface area contributed by atoms with E-state index in [9.17, 15) is 4.79 Å². The van der Waals surface area contributed by atoms with Crippen molar-refractivity contribution in [2.45, 2.75) is 69.9 Å². The number of methoxy groups -OCH3 is 1. The van der Waals surface area contributed by atoms with Crippen LogP contribution in [0, 0.1) is 5.92 Å². The molecule has 1 saturated carbocycles. The molecule has 2 rings (SSSR count). The summed E-state index contributed by atoms with van der Waals surface area (Å²) < 4.78 is 5.39. The molecular weight excluding hydrogens is 254 g/mol. The van der Waals surface area contributed by atoms with Crippen molar-refractivity contribution in [3.05, 3.63) is 0 Å².